The Morgan fingerprint density at radius 3 is 2.29 bits per heavy atom. The highest BCUT2D eigenvalue weighted by atomic mass is 16.4. The minimum absolute atomic E-state index is 0.0884. The largest absolute Gasteiger partial charge is 0.481 e. The smallest absolute Gasteiger partial charge is 0.326 e. The Morgan fingerprint density at radius 2 is 1.81 bits per heavy atom. The third-order valence-corrected chi connectivity index (χ3v) is 2.92. The van der Waals surface area contributed by atoms with Crippen LogP contribution in [0.25, 0.3) is 0 Å². The molecule has 7 nitrogen and oxygen atoms in total. The Bertz CT molecular complexity index is 527. The lowest BCUT2D eigenvalue weighted by Gasteiger charge is -2.24. The summed E-state index contributed by atoms with van der Waals surface area (Å²) < 4.78 is 0. The van der Waals surface area contributed by atoms with E-state index < -0.39 is 35.8 Å². The van der Waals surface area contributed by atoms with Gasteiger partial charge in [0, 0.05) is 6.42 Å². The van der Waals surface area contributed by atoms with E-state index in [1.165, 1.54) is 6.92 Å². The molecule has 1 rings (SSSR count). The Kier molecular flexibility index (Phi) is 5.43. The SMILES string of the molecule is C[C@](N)(CC(=O)O)C(=O)N[C@H](Cc1ccccc1)C(=O)O. The second-order valence-corrected chi connectivity index (χ2v) is 5.04. The summed E-state index contributed by atoms with van der Waals surface area (Å²) in [7, 11) is 0. The van der Waals surface area contributed by atoms with Gasteiger partial charge in [-0.1, -0.05) is 30.3 Å². The van der Waals surface area contributed by atoms with E-state index >= 15 is 0 Å². The molecular formula is C14H18N2O5. The molecular weight excluding hydrogens is 276 g/mol. The van der Waals surface area contributed by atoms with Gasteiger partial charge in [-0.25, -0.2) is 4.79 Å². The van der Waals surface area contributed by atoms with Crippen LogP contribution in [0.1, 0.15) is 18.9 Å². The molecule has 0 unspecified atom stereocenters. The number of carbonyl (C=O) groups is 3. The van der Waals surface area contributed by atoms with Crippen LogP contribution in [0.5, 0.6) is 0 Å². The number of aliphatic carboxylic acids is 2. The van der Waals surface area contributed by atoms with Gasteiger partial charge in [0.25, 0.3) is 0 Å². The monoisotopic (exact) mass is 294 g/mol. The highest BCUT2D eigenvalue weighted by Crippen LogP contribution is 2.09. The first-order valence-corrected chi connectivity index (χ1v) is 6.31. The van der Waals surface area contributed by atoms with Crippen molar-refractivity contribution in [2.75, 3.05) is 0 Å². The zero-order valence-corrected chi connectivity index (χ0v) is 11.6. The van der Waals surface area contributed by atoms with Crippen LogP contribution < -0.4 is 11.1 Å². The number of carbonyl (C=O) groups excluding carboxylic acids is 1. The summed E-state index contributed by atoms with van der Waals surface area (Å²) in [6, 6.07) is 7.61. The molecule has 0 spiro atoms. The number of amides is 1. The van der Waals surface area contributed by atoms with Crippen LogP contribution in [-0.2, 0) is 20.8 Å². The summed E-state index contributed by atoms with van der Waals surface area (Å²) in [5.41, 5.74) is 4.68. The molecule has 1 aromatic rings. The van der Waals surface area contributed by atoms with Crippen molar-refractivity contribution in [3.63, 3.8) is 0 Å². The van der Waals surface area contributed by atoms with Crippen LogP contribution in [0.15, 0.2) is 30.3 Å². The number of carboxylic acid groups (broad SMARTS) is 2. The van der Waals surface area contributed by atoms with Crippen molar-refractivity contribution in [3.8, 4) is 0 Å². The first kappa shape index (κ1) is 16.6. The third-order valence-electron chi connectivity index (χ3n) is 2.92. The molecule has 1 amide bonds. The van der Waals surface area contributed by atoms with Gasteiger partial charge in [0.1, 0.15) is 11.6 Å². The molecule has 114 valence electrons. The maximum absolute atomic E-state index is 11.9. The lowest BCUT2D eigenvalue weighted by molar-refractivity contribution is -0.144. The minimum atomic E-state index is -1.67. The molecule has 0 aliphatic rings. The van der Waals surface area contributed by atoms with E-state index in [1.807, 2.05) is 0 Å². The molecule has 0 saturated carbocycles. The quantitative estimate of drug-likeness (QED) is 0.559. The summed E-state index contributed by atoms with van der Waals surface area (Å²) in [6.07, 6.45) is -0.498. The molecule has 0 aromatic heterocycles. The molecule has 5 N–H and O–H groups in total. The lowest BCUT2D eigenvalue weighted by Crippen LogP contribution is -2.57. The lowest BCUT2D eigenvalue weighted by atomic mass is 9.97. The summed E-state index contributed by atoms with van der Waals surface area (Å²) >= 11 is 0. The van der Waals surface area contributed by atoms with Gasteiger partial charge in [-0.05, 0) is 12.5 Å². The van der Waals surface area contributed by atoms with Crippen molar-refractivity contribution in [2.24, 2.45) is 5.73 Å². The second kappa shape index (κ2) is 6.85. The molecule has 1 aromatic carbocycles. The van der Waals surface area contributed by atoms with Gasteiger partial charge in [0.05, 0.1) is 6.42 Å². The van der Waals surface area contributed by atoms with Gasteiger partial charge in [-0.3, -0.25) is 9.59 Å². The normalized spacial score (nSPS) is 14.8. The Hall–Kier alpha value is -2.41. The van der Waals surface area contributed by atoms with Crippen molar-refractivity contribution in [1.82, 2.24) is 5.32 Å². The molecule has 2 atom stereocenters. The molecule has 0 bridgehead atoms. The maximum atomic E-state index is 11.9. The summed E-state index contributed by atoms with van der Waals surface area (Å²) in [6.45, 7) is 1.25. The van der Waals surface area contributed by atoms with E-state index in [2.05, 4.69) is 5.32 Å². The Labute approximate surface area is 121 Å². The molecule has 0 aliphatic heterocycles. The van der Waals surface area contributed by atoms with E-state index in [9.17, 15) is 14.4 Å². The predicted molar refractivity (Wildman–Crippen MR) is 74.6 cm³/mol. The van der Waals surface area contributed by atoms with Crippen LogP contribution in [0.2, 0.25) is 0 Å². The first-order valence-electron chi connectivity index (χ1n) is 6.31. The van der Waals surface area contributed by atoms with E-state index in [-0.39, 0.29) is 6.42 Å². The van der Waals surface area contributed by atoms with Gasteiger partial charge in [0.15, 0.2) is 0 Å². The number of nitrogens with two attached hydrogens (primary N) is 1. The Morgan fingerprint density at radius 1 is 1.24 bits per heavy atom. The fraction of sp³-hybridized carbons (Fsp3) is 0.357. The van der Waals surface area contributed by atoms with E-state index in [0.717, 1.165) is 5.56 Å². The highest BCUT2D eigenvalue weighted by Gasteiger charge is 2.34. The van der Waals surface area contributed by atoms with Gasteiger partial charge in [0.2, 0.25) is 5.91 Å². The summed E-state index contributed by atoms with van der Waals surface area (Å²) in [4.78, 5) is 33.8. The molecule has 21 heavy (non-hydrogen) atoms. The average molecular weight is 294 g/mol. The zero-order valence-electron chi connectivity index (χ0n) is 11.6. The average Bonchev–Trinajstić information content (AvgIpc) is 2.37. The molecule has 0 aliphatic carbocycles. The van der Waals surface area contributed by atoms with Crippen molar-refractivity contribution >= 4 is 17.8 Å². The fourth-order valence-electron chi connectivity index (χ4n) is 1.77. The van der Waals surface area contributed by atoms with Crippen LogP contribution in [-0.4, -0.2) is 39.6 Å². The van der Waals surface area contributed by atoms with Crippen molar-refractivity contribution in [3.05, 3.63) is 35.9 Å². The number of nitrogens with one attached hydrogen (secondary N) is 1. The van der Waals surface area contributed by atoms with Gasteiger partial charge < -0.3 is 21.3 Å². The van der Waals surface area contributed by atoms with Gasteiger partial charge >= 0.3 is 11.9 Å². The van der Waals surface area contributed by atoms with Crippen molar-refractivity contribution in [1.29, 1.82) is 0 Å². The topological polar surface area (TPSA) is 130 Å². The van der Waals surface area contributed by atoms with Crippen LogP contribution in [0, 0.1) is 0 Å². The highest BCUT2D eigenvalue weighted by molar-refractivity contribution is 5.92. The van der Waals surface area contributed by atoms with Crippen molar-refractivity contribution < 1.29 is 24.6 Å². The molecule has 0 heterocycles. The fourth-order valence-corrected chi connectivity index (χ4v) is 1.77. The number of rotatable bonds is 7. The van der Waals surface area contributed by atoms with Gasteiger partial charge in [-0.2, -0.15) is 0 Å². The third kappa shape index (κ3) is 5.23. The van der Waals surface area contributed by atoms with E-state index in [1.54, 1.807) is 30.3 Å². The summed E-state index contributed by atoms with van der Waals surface area (Å²) in [5.74, 6) is -3.25. The molecule has 7 heteroatoms. The second-order valence-electron chi connectivity index (χ2n) is 5.04. The molecule has 0 fully saturated rings. The Balaban J connectivity index is 2.77. The van der Waals surface area contributed by atoms with E-state index in [0.29, 0.717) is 0 Å². The van der Waals surface area contributed by atoms with E-state index in [4.69, 9.17) is 15.9 Å². The predicted octanol–water partition coefficient (Wildman–Crippen LogP) is -0.00940. The van der Waals surface area contributed by atoms with Crippen LogP contribution in [0.4, 0.5) is 0 Å². The maximum Gasteiger partial charge on any atom is 0.326 e. The van der Waals surface area contributed by atoms with Gasteiger partial charge in [-0.15, -0.1) is 0 Å². The zero-order chi connectivity index (χ0) is 16.0. The first-order chi connectivity index (χ1) is 9.72. The molecule has 0 radical (unpaired) electrons. The van der Waals surface area contributed by atoms with Crippen LogP contribution >= 0.6 is 0 Å². The number of hydrogen-bond acceptors (Lipinski definition) is 4. The van der Waals surface area contributed by atoms with Crippen LogP contribution in [0.3, 0.4) is 0 Å². The van der Waals surface area contributed by atoms with Crippen molar-refractivity contribution in [2.45, 2.75) is 31.3 Å². The standard InChI is InChI=1S/C14H18N2O5/c1-14(15,8-11(17)18)13(21)16-10(12(19)20)7-9-5-3-2-4-6-9/h2-6,10H,7-8,15H2,1H3,(H,16,21)(H,17,18)(H,19,20)/t10-,14+/m1/s1. The number of benzene rings is 1. The number of hydrogen-bond donors (Lipinski definition) is 4. The minimum Gasteiger partial charge on any atom is -0.481 e. The number of carboxylic acids is 2. The molecule has 0 saturated heterocycles. The summed E-state index contributed by atoms with van der Waals surface area (Å²) in [5, 5.41) is 20.1.